The van der Waals surface area contributed by atoms with Crippen molar-refractivity contribution in [3.63, 3.8) is 0 Å². The zero-order valence-electron chi connectivity index (χ0n) is 11.1. The quantitative estimate of drug-likeness (QED) is 0.730. The molecule has 0 aliphatic heterocycles. The molecule has 1 aliphatic rings. The van der Waals surface area contributed by atoms with Gasteiger partial charge in [-0.15, -0.1) is 0 Å². The fraction of sp³-hybridized carbons (Fsp3) is 0.500. The standard InChI is InChI=1S/C14H17N5/c1-10-12(8-7-11-5-3-2-4-6-11)13(15)19-14(18-10)16-9-17-19/h9,11H,2-6,15H2,1H3. The van der Waals surface area contributed by atoms with Gasteiger partial charge in [0, 0.05) is 5.92 Å². The minimum atomic E-state index is 0.499. The van der Waals surface area contributed by atoms with E-state index in [0.717, 1.165) is 11.3 Å². The zero-order chi connectivity index (χ0) is 13.2. The maximum Gasteiger partial charge on any atom is 0.254 e. The molecular weight excluding hydrogens is 238 g/mol. The third kappa shape index (κ3) is 2.26. The summed E-state index contributed by atoms with van der Waals surface area (Å²) in [4.78, 5) is 8.41. The van der Waals surface area contributed by atoms with E-state index < -0.39 is 0 Å². The number of fused-ring (bicyclic) bond motifs is 1. The molecule has 2 aromatic rings. The molecule has 5 heteroatoms. The first-order chi connectivity index (χ1) is 9.25. The van der Waals surface area contributed by atoms with Crippen LogP contribution in [-0.4, -0.2) is 19.6 Å². The molecule has 19 heavy (non-hydrogen) atoms. The molecule has 0 unspecified atom stereocenters. The Balaban J connectivity index is 1.98. The molecule has 0 saturated heterocycles. The summed E-state index contributed by atoms with van der Waals surface area (Å²) < 4.78 is 1.54. The molecule has 1 aliphatic carbocycles. The first kappa shape index (κ1) is 12.0. The van der Waals surface area contributed by atoms with E-state index in [1.807, 2.05) is 6.92 Å². The first-order valence-electron chi connectivity index (χ1n) is 6.73. The molecule has 1 fully saturated rings. The average molecular weight is 255 g/mol. The Labute approximate surface area is 112 Å². The maximum atomic E-state index is 6.10. The fourth-order valence-corrected chi connectivity index (χ4v) is 2.55. The summed E-state index contributed by atoms with van der Waals surface area (Å²) in [5.41, 5.74) is 7.70. The highest BCUT2D eigenvalue weighted by molar-refractivity contribution is 5.57. The van der Waals surface area contributed by atoms with Crippen LogP contribution in [0, 0.1) is 24.7 Å². The molecule has 0 bridgehead atoms. The van der Waals surface area contributed by atoms with Gasteiger partial charge in [-0.1, -0.05) is 31.1 Å². The van der Waals surface area contributed by atoms with Crippen molar-refractivity contribution in [3.8, 4) is 11.8 Å². The number of rotatable bonds is 0. The van der Waals surface area contributed by atoms with Crippen LogP contribution in [0.3, 0.4) is 0 Å². The van der Waals surface area contributed by atoms with Crippen LogP contribution in [0.2, 0.25) is 0 Å². The maximum absolute atomic E-state index is 6.10. The molecule has 0 amide bonds. The van der Waals surface area contributed by atoms with Gasteiger partial charge >= 0.3 is 0 Å². The summed E-state index contributed by atoms with van der Waals surface area (Å²) in [5.74, 6) is 8.11. The molecule has 2 heterocycles. The molecule has 0 aromatic carbocycles. The molecule has 2 aromatic heterocycles. The lowest BCUT2D eigenvalue weighted by Gasteiger charge is -2.15. The normalized spacial score (nSPS) is 16.3. The highest BCUT2D eigenvalue weighted by Gasteiger charge is 2.12. The van der Waals surface area contributed by atoms with E-state index in [-0.39, 0.29) is 0 Å². The lowest BCUT2D eigenvalue weighted by molar-refractivity contribution is 0.430. The Morgan fingerprint density at radius 1 is 1.32 bits per heavy atom. The second kappa shape index (κ2) is 4.88. The number of aromatic nitrogens is 4. The van der Waals surface area contributed by atoms with Gasteiger partial charge in [0.1, 0.15) is 12.1 Å². The average Bonchev–Trinajstić information content (AvgIpc) is 2.88. The van der Waals surface area contributed by atoms with Gasteiger partial charge in [-0.25, -0.2) is 4.98 Å². The molecule has 5 nitrogen and oxygen atoms in total. The minimum absolute atomic E-state index is 0.499. The predicted octanol–water partition coefficient (Wildman–Crippen LogP) is 1.95. The van der Waals surface area contributed by atoms with E-state index in [0.29, 0.717) is 17.5 Å². The summed E-state index contributed by atoms with van der Waals surface area (Å²) in [6.45, 7) is 1.91. The van der Waals surface area contributed by atoms with Gasteiger partial charge in [0.2, 0.25) is 0 Å². The van der Waals surface area contributed by atoms with Gasteiger partial charge < -0.3 is 5.73 Å². The van der Waals surface area contributed by atoms with Crippen LogP contribution in [0.4, 0.5) is 5.82 Å². The molecule has 98 valence electrons. The van der Waals surface area contributed by atoms with Crippen molar-refractivity contribution in [3.05, 3.63) is 17.6 Å². The van der Waals surface area contributed by atoms with Gasteiger partial charge in [0.25, 0.3) is 5.78 Å². The van der Waals surface area contributed by atoms with Crippen LogP contribution < -0.4 is 5.73 Å². The largest absolute Gasteiger partial charge is 0.382 e. The lowest BCUT2D eigenvalue weighted by Crippen LogP contribution is -2.07. The Kier molecular flexibility index (Phi) is 3.08. The van der Waals surface area contributed by atoms with Gasteiger partial charge in [0.15, 0.2) is 0 Å². The van der Waals surface area contributed by atoms with Gasteiger partial charge in [-0.05, 0) is 19.8 Å². The lowest BCUT2D eigenvalue weighted by atomic mass is 9.89. The SMILES string of the molecule is Cc1nc2ncnn2c(N)c1C#CC1CCCCC1. The number of nitrogens with two attached hydrogens (primary N) is 1. The van der Waals surface area contributed by atoms with Crippen LogP contribution in [-0.2, 0) is 0 Å². The van der Waals surface area contributed by atoms with E-state index in [9.17, 15) is 0 Å². The van der Waals surface area contributed by atoms with E-state index >= 15 is 0 Å². The summed E-state index contributed by atoms with van der Waals surface area (Å²) >= 11 is 0. The Bertz CT molecular complexity index is 656. The van der Waals surface area contributed by atoms with Crippen molar-refractivity contribution in [2.45, 2.75) is 39.0 Å². The Morgan fingerprint density at radius 2 is 2.11 bits per heavy atom. The van der Waals surface area contributed by atoms with E-state index in [4.69, 9.17) is 5.73 Å². The Hall–Kier alpha value is -2.09. The van der Waals surface area contributed by atoms with Crippen LogP contribution in [0.5, 0.6) is 0 Å². The van der Waals surface area contributed by atoms with E-state index in [1.165, 1.54) is 42.9 Å². The van der Waals surface area contributed by atoms with Crippen molar-refractivity contribution < 1.29 is 0 Å². The molecule has 0 radical (unpaired) electrons. The smallest absolute Gasteiger partial charge is 0.254 e. The van der Waals surface area contributed by atoms with Crippen LogP contribution in [0.25, 0.3) is 5.78 Å². The third-order valence-corrected chi connectivity index (χ3v) is 3.65. The zero-order valence-corrected chi connectivity index (χ0v) is 11.1. The first-order valence-corrected chi connectivity index (χ1v) is 6.73. The van der Waals surface area contributed by atoms with Crippen molar-refractivity contribution in [1.82, 2.24) is 19.6 Å². The number of hydrogen-bond acceptors (Lipinski definition) is 4. The van der Waals surface area contributed by atoms with Crippen LogP contribution in [0.15, 0.2) is 6.33 Å². The molecule has 2 N–H and O–H groups in total. The van der Waals surface area contributed by atoms with Crippen molar-refractivity contribution in [2.75, 3.05) is 5.73 Å². The van der Waals surface area contributed by atoms with Crippen molar-refractivity contribution in [1.29, 1.82) is 0 Å². The van der Waals surface area contributed by atoms with E-state index in [1.54, 1.807) is 0 Å². The summed E-state index contributed by atoms with van der Waals surface area (Å²) in [5, 5.41) is 4.07. The summed E-state index contributed by atoms with van der Waals surface area (Å²) in [6, 6.07) is 0. The number of aryl methyl sites for hydroxylation is 1. The fourth-order valence-electron chi connectivity index (χ4n) is 2.55. The van der Waals surface area contributed by atoms with E-state index in [2.05, 4.69) is 26.9 Å². The summed E-state index contributed by atoms with van der Waals surface area (Å²) in [7, 11) is 0. The van der Waals surface area contributed by atoms with Gasteiger partial charge in [0.05, 0.1) is 11.3 Å². The number of hydrogen-bond donors (Lipinski definition) is 1. The second-order valence-corrected chi connectivity index (χ2v) is 5.03. The van der Waals surface area contributed by atoms with Crippen LogP contribution >= 0.6 is 0 Å². The highest BCUT2D eigenvalue weighted by atomic mass is 15.3. The second-order valence-electron chi connectivity index (χ2n) is 5.03. The molecule has 0 atom stereocenters. The molecule has 3 rings (SSSR count). The van der Waals surface area contributed by atoms with Crippen molar-refractivity contribution in [2.24, 2.45) is 5.92 Å². The van der Waals surface area contributed by atoms with Crippen molar-refractivity contribution >= 4 is 11.6 Å². The molecular formula is C14H17N5. The molecule has 1 saturated carbocycles. The highest BCUT2D eigenvalue weighted by Crippen LogP contribution is 2.23. The molecule has 0 spiro atoms. The van der Waals surface area contributed by atoms with Crippen LogP contribution in [0.1, 0.15) is 43.4 Å². The topological polar surface area (TPSA) is 69.1 Å². The van der Waals surface area contributed by atoms with Gasteiger partial charge in [-0.3, -0.25) is 0 Å². The number of nitrogens with zero attached hydrogens (tertiary/aromatic N) is 4. The number of nitrogen functional groups attached to an aromatic ring is 1. The minimum Gasteiger partial charge on any atom is -0.382 e. The monoisotopic (exact) mass is 255 g/mol. The summed E-state index contributed by atoms with van der Waals surface area (Å²) in [6.07, 6.45) is 7.76. The Morgan fingerprint density at radius 3 is 2.89 bits per heavy atom. The predicted molar refractivity (Wildman–Crippen MR) is 73.4 cm³/mol. The third-order valence-electron chi connectivity index (χ3n) is 3.65. The van der Waals surface area contributed by atoms with Gasteiger partial charge in [-0.2, -0.15) is 14.6 Å². The number of anilines is 1.